The first-order valence-electron chi connectivity index (χ1n) is 3.44. The molecule has 0 bridgehead atoms. The molecule has 2 heterocycles. The minimum absolute atomic E-state index is 0.788. The summed E-state index contributed by atoms with van der Waals surface area (Å²) in [7, 11) is 1.94. The smallest absolute Gasteiger partial charge is 0.141 e. The maximum atomic E-state index is 5.72. The maximum absolute atomic E-state index is 5.72. The number of rotatable bonds is 0. The molecule has 0 fully saturated rings. The quantitative estimate of drug-likeness (QED) is 0.607. The monoisotopic (exact) mass is 147 g/mol. The van der Waals surface area contributed by atoms with E-state index >= 15 is 0 Å². The highest BCUT2D eigenvalue weighted by molar-refractivity contribution is 5.88. The summed E-state index contributed by atoms with van der Waals surface area (Å²) in [5, 5.41) is 1.02. The lowest BCUT2D eigenvalue weighted by Gasteiger charge is -1.91. The van der Waals surface area contributed by atoms with Crippen LogP contribution in [0.1, 0.15) is 0 Å². The molecule has 56 valence electrons. The van der Waals surface area contributed by atoms with Crippen LogP contribution in [0.2, 0.25) is 0 Å². The van der Waals surface area contributed by atoms with Crippen molar-refractivity contribution < 1.29 is 0 Å². The van der Waals surface area contributed by atoms with Gasteiger partial charge in [0.15, 0.2) is 0 Å². The van der Waals surface area contributed by atoms with Crippen molar-refractivity contribution >= 4 is 16.7 Å². The predicted octanol–water partition coefficient (Wildman–Crippen LogP) is 1.16. The van der Waals surface area contributed by atoms with Gasteiger partial charge in [0.25, 0.3) is 0 Å². The third kappa shape index (κ3) is 0.774. The van der Waals surface area contributed by atoms with E-state index in [-0.39, 0.29) is 0 Å². The molecule has 2 aromatic rings. The molecule has 3 nitrogen and oxygen atoms in total. The summed E-state index contributed by atoms with van der Waals surface area (Å²) in [5.41, 5.74) is 7.44. The Hall–Kier alpha value is -1.51. The van der Waals surface area contributed by atoms with Gasteiger partial charge in [0.2, 0.25) is 0 Å². The average Bonchev–Trinajstić information content (AvgIpc) is 2.30. The maximum Gasteiger partial charge on any atom is 0.141 e. The van der Waals surface area contributed by atoms with Crippen LogP contribution in [0, 0.1) is 0 Å². The SMILES string of the molecule is Cn1cc(N)c2cccnc21. The van der Waals surface area contributed by atoms with Crippen LogP contribution in [0.15, 0.2) is 24.5 Å². The summed E-state index contributed by atoms with van der Waals surface area (Å²) in [6.07, 6.45) is 3.64. The van der Waals surface area contributed by atoms with Crippen LogP contribution in [0.4, 0.5) is 5.69 Å². The van der Waals surface area contributed by atoms with Crippen LogP contribution in [0.3, 0.4) is 0 Å². The summed E-state index contributed by atoms with van der Waals surface area (Å²) in [6.45, 7) is 0. The lowest BCUT2D eigenvalue weighted by Crippen LogP contribution is -1.85. The number of anilines is 1. The van der Waals surface area contributed by atoms with E-state index in [0.717, 1.165) is 16.7 Å². The van der Waals surface area contributed by atoms with Gasteiger partial charge in [-0.2, -0.15) is 0 Å². The fourth-order valence-electron chi connectivity index (χ4n) is 1.24. The van der Waals surface area contributed by atoms with Crippen molar-refractivity contribution in [2.75, 3.05) is 5.73 Å². The zero-order valence-electron chi connectivity index (χ0n) is 6.28. The van der Waals surface area contributed by atoms with Crippen LogP contribution < -0.4 is 5.73 Å². The van der Waals surface area contributed by atoms with Crippen molar-refractivity contribution in [2.24, 2.45) is 7.05 Å². The fraction of sp³-hybridized carbons (Fsp3) is 0.125. The number of nitrogens with two attached hydrogens (primary N) is 1. The van der Waals surface area contributed by atoms with Crippen molar-refractivity contribution in [3.8, 4) is 0 Å². The van der Waals surface area contributed by atoms with Crippen LogP contribution >= 0.6 is 0 Å². The first-order valence-corrected chi connectivity index (χ1v) is 3.44. The highest BCUT2D eigenvalue weighted by Gasteiger charge is 2.01. The summed E-state index contributed by atoms with van der Waals surface area (Å²) in [5.74, 6) is 0. The average molecular weight is 147 g/mol. The van der Waals surface area contributed by atoms with E-state index in [4.69, 9.17) is 5.73 Å². The Labute approximate surface area is 64.5 Å². The molecule has 0 atom stereocenters. The van der Waals surface area contributed by atoms with Gasteiger partial charge in [-0.25, -0.2) is 4.98 Å². The van der Waals surface area contributed by atoms with Gasteiger partial charge < -0.3 is 10.3 Å². The van der Waals surface area contributed by atoms with E-state index in [1.165, 1.54) is 0 Å². The molecule has 0 unspecified atom stereocenters. The van der Waals surface area contributed by atoms with Crippen LogP contribution in [-0.2, 0) is 7.05 Å². The van der Waals surface area contributed by atoms with E-state index in [0.29, 0.717) is 0 Å². The van der Waals surface area contributed by atoms with Crippen molar-refractivity contribution in [2.45, 2.75) is 0 Å². The summed E-state index contributed by atoms with van der Waals surface area (Å²) in [6, 6.07) is 3.86. The number of nitrogen functional groups attached to an aromatic ring is 1. The molecule has 0 saturated heterocycles. The standard InChI is InChI=1S/C8H9N3/c1-11-5-7(9)6-3-2-4-10-8(6)11/h2-5H,9H2,1H3. The van der Waals surface area contributed by atoms with E-state index in [1.54, 1.807) is 6.20 Å². The molecule has 0 aliphatic heterocycles. The van der Waals surface area contributed by atoms with Crippen LogP contribution in [0.5, 0.6) is 0 Å². The summed E-state index contributed by atoms with van der Waals surface area (Å²) >= 11 is 0. The Balaban J connectivity index is 2.95. The Morgan fingerprint density at radius 3 is 3.09 bits per heavy atom. The van der Waals surface area contributed by atoms with Crippen LogP contribution in [-0.4, -0.2) is 9.55 Å². The zero-order valence-corrected chi connectivity index (χ0v) is 6.28. The molecule has 2 N–H and O–H groups in total. The zero-order chi connectivity index (χ0) is 7.84. The van der Waals surface area contributed by atoms with Crippen molar-refractivity contribution in [1.29, 1.82) is 0 Å². The minimum Gasteiger partial charge on any atom is -0.397 e. The van der Waals surface area contributed by atoms with Gasteiger partial charge in [-0.05, 0) is 12.1 Å². The molecule has 11 heavy (non-hydrogen) atoms. The normalized spacial score (nSPS) is 10.6. The van der Waals surface area contributed by atoms with Gasteiger partial charge >= 0.3 is 0 Å². The van der Waals surface area contributed by atoms with E-state index in [1.807, 2.05) is 29.9 Å². The number of nitrogens with zero attached hydrogens (tertiary/aromatic N) is 2. The van der Waals surface area contributed by atoms with Gasteiger partial charge in [0, 0.05) is 24.8 Å². The highest BCUT2D eigenvalue weighted by Crippen LogP contribution is 2.19. The van der Waals surface area contributed by atoms with Gasteiger partial charge in [-0.1, -0.05) is 0 Å². The number of fused-ring (bicyclic) bond motifs is 1. The molecule has 2 rings (SSSR count). The molecule has 3 heteroatoms. The second-order valence-electron chi connectivity index (χ2n) is 2.57. The molecular formula is C8H9N3. The molecule has 0 aromatic carbocycles. The van der Waals surface area contributed by atoms with Gasteiger partial charge in [0.1, 0.15) is 5.65 Å². The topological polar surface area (TPSA) is 43.8 Å². The highest BCUT2D eigenvalue weighted by atomic mass is 15.0. The van der Waals surface area contributed by atoms with Gasteiger partial charge in [-0.15, -0.1) is 0 Å². The number of pyridine rings is 1. The molecule has 0 aliphatic carbocycles. The van der Waals surface area contributed by atoms with Gasteiger partial charge in [0.05, 0.1) is 5.69 Å². The minimum atomic E-state index is 0.788. The first kappa shape index (κ1) is 6.22. The van der Waals surface area contributed by atoms with Crippen molar-refractivity contribution in [3.63, 3.8) is 0 Å². The molecule has 0 aliphatic rings. The Kier molecular flexibility index (Phi) is 1.12. The number of aromatic nitrogens is 2. The third-order valence-corrected chi connectivity index (χ3v) is 1.76. The molecule has 0 radical (unpaired) electrons. The Bertz CT molecular complexity index is 353. The summed E-state index contributed by atoms with van der Waals surface area (Å²) in [4.78, 5) is 4.18. The van der Waals surface area contributed by atoms with E-state index < -0.39 is 0 Å². The molecule has 0 saturated carbocycles. The lowest BCUT2D eigenvalue weighted by atomic mass is 10.3. The number of hydrogen-bond acceptors (Lipinski definition) is 2. The Morgan fingerprint density at radius 1 is 1.55 bits per heavy atom. The van der Waals surface area contributed by atoms with Crippen LogP contribution in [0.25, 0.3) is 11.0 Å². The summed E-state index contributed by atoms with van der Waals surface area (Å²) < 4.78 is 1.92. The van der Waals surface area contributed by atoms with E-state index in [9.17, 15) is 0 Å². The molecular weight excluding hydrogens is 138 g/mol. The van der Waals surface area contributed by atoms with Gasteiger partial charge in [-0.3, -0.25) is 0 Å². The Morgan fingerprint density at radius 2 is 2.36 bits per heavy atom. The largest absolute Gasteiger partial charge is 0.397 e. The second kappa shape index (κ2) is 1.99. The van der Waals surface area contributed by atoms with Crippen molar-refractivity contribution in [3.05, 3.63) is 24.5 Å². The van der Waals surface area contributed by atoms with E-state index in [2.05, 4.69) is 4.98 Å². The fourth-order valence-corrected chi connectivity index (χ4v) is 1.24. The number of aryl methyl sites for hydroxylation is 1. The lowest BCUT2D eigenvalue weighted by molar-refractivity contribution is 0.949. The van der Waals surface area contributed by atoms with Crippen molar-refractivity contribution in [1.82, 2.24) is 9.55 Å². The number of hydrogen-bond donors (Lipinski definition) is 1. The molecule has 0 amide bonds. The molecule has 0 spiro atoms. The third-order valence-electron chi connectivity index (χ3n) is 1.76. The second-order valence-corrected chi connectivity index (χ2v) is 2.57. The molecule has 2 aromatic heterocycles. The first-order chi connectivity index (χ1) is 5.29. The predicted molar refractivity (Wildman–Crippen MR) is 45.1 cm³/mol.